The molecule has 0 aromatic heterocycles. The van der Waals surface area contributed by atoms with Crippen molar-refractivity contribution in [3.8, 4) is 0 Å². The molecule has 1 fully saturated rings. The lowest BCUT2D eigenvalue weighted by molar-refractivity contribution is -0.134. The summed E-state index contributed by atoms with van der Waals surface area (Å²) < 4.78 is 5.17. The van der Waals surface area contributed by atoms with Crippen LogP contribution in [0.1, 0.15) is 32.3 Å². The van der Waals surface area contributed by atoms with Gasteiger partial charge in [0.1, 0.15) is 6.61 Å². The predicted octanol–water partition coefficient (Wildman–Crippen LogP) is 3.57. The second-order valence-corrected chi connectivity index (χ2v) is 6.65. The van der Waals surface area contributed by atoms with E-state index in [1.807, 2.05) is 30.3 Å². The minimum Gasteiger partial charge on any atom is -0.447 e. The van der Waals surface area contributed by atoms with Gasteiger partial charge in [-0.2, -0.15) is 0 Å². The van der Waals surface area contributed by atoms with Crippen molar-refractivity contribution < 1.29 is 14.3 Å². The van der Waals surface area contributed by atoms with Crippen LogP contribution in [0.25, 0.3) is 0 Å². The second-order valence-electron chi connectivity index (χ2n) is 6.65. The number of cyclic esters (lactones) is 1. The van der Waals surface area contributed by atoms with Crippen LogP contribution in [-0.2, 0) is 16.0 Å². The Hall–Kier alpha value is -2.10. The number of hydrogen-bond acceptors (Lipinski definition) is 3. The van der Waals surface area contributed by atoms with Crippen molar-refractivity contribution in [2.45, 2.75) is 39.2 Å². The number of hydrogen-bond donors (Lipinski definition) is 0. The maximum Gasteiger partial charge on any atom is 0.416 e. The number of carbonyl (C=O) groups excluding carboxylic acids is 2. The Labute approximate surface area is 137 Å². The zero-order chi connectivity index (χ0) is 16.4. The SMILES string of the molecule is CC1=C[C@H](C)[C@H](C(=O)N2C(=O)OC[C@@H]2Cc2ccccc2)CC1. The number of nitrogens with zero attached hydrogens (tertiary/aromatic N) is 1. The molecule has 23 heavy (non-hydrogen) atoms. The first-order valence-corrected chi connectivity index (χ1v) is 8.27. The van der Waals surface area contributed by atoms with E-state index in [9.17, 15) is 9.59 Å². The molecule has 3 rings (SSSR count). The predicted molar refractivity (Wildman–Crippen MR) is 87.8 cm³/mol. The van der Waals surface area contributed by atoms with Crippen molar-refractivity contribution in [2.24, 2.45) is 11.8 Å². The molecular weight excluding hydrogens is 290 g/mol. The van der Waals surface area contributed by atoms with E-state index in [4.69, 9.17) is 4.74 Å². The third-order valence-corrected chi connectivity index (χ3v) is 4.86. The molecule has 1 heterocycles. The molecule has 0 saturated carbocycles. The lowest BCUT2D eigenvalue weighted by Gasteiger charge is -2.30. The molecule has 4 nitrogen and oxygen atoms in total. The zero-order valence-corrected chi connectivity index (χ0v) is 13.7. The van der Waals surface area contributed by atoms with Crippen LogP contribution in [0.15, 0.2) is 42.0 Å². The van der Waals surface area contributed by atoms with E-state index >= 15 is 0 Å². The van der Waals surface area contributed by atoms with Gasteiger partial charge in [-0.25, -0.2) is 9.69 Å². The smallest absolute Gasteiger partial charge is 0.416 e. The Morgan fingerprint density at radius 2 is 2.04 bits per heavy atom. The fourth-order valence-corrected chi connectivity index (χ4v) is 3.59. The second kappa shape index (κ2) is 6.57. The first-order chi connectivity index (χ1) is 11.1. The Bertz CT molecular complexity index is 623. The summed E-state index contributed by atoms with van der Waals surface area (Å²) in [6.07, 6.45) is 4.04. The quantitative estimate of drug-likeness (QED) is 0.802. The third kappa shape index (κ3) is 3.31. The van der Waals surface area contributed by atoms with Crippen molar-refractivity contribution in [2.75, 3.05) is 6.61 Å². The molecule has 1 aromatic rings. The van der Waals surface area contributed by atoms with Gasteiger partial charge in [0.15, 0.2) is 0 Å². The van der Waals surface area contributed by atoms with Crippen LogP contribution in [0.5, 0.6) is 0 Å². The fraction of sp³-hybridized carbons (Fsp3) is 0.474. The summed E-state index contributed by atoms with van der Waals surface area (Å²) in [5, 5.41) is 0. The first-order valence-electron chi connectivity index (χ1n) is 8.27. The molecule has 0 N–H and O–H groups in total. The van der Waals surface area contributed by atoms with Crippen LogP contribution in [0.4, 0.5) is 4.79 Å². The lowest BCUT2D eigenvalue weighted by atomic mass is 9.81. The lowest BCUT2D eigenvalue weighted by Crippen LogP contribution is -2.45. The summed E-state index contributed by atoms with van der Waals surface area (Å²) in [5.41, 5.74) is 2.44. The van der Waals surface area contributed by atoms with Crippen LogP contribution in [0, 0.1) is 11.8 Å². The Kier molecular flexibility index (Phi) is 4.51. The first kappa shape index (κ1) is 15.8. The van der Waals surface area contributed by atoms with Crippen molar-refractivity contribution in [1.82, 2.24) is 4.90 Å². The van der Waals surface area contributed by atoms with Gasteiger partial charge in [-0.15, -0.1) is 0 Å². The average molecular weight is 313 g/mol. The highest BCUT2D eigenvalue weighted by molar-refractivity contribution is 5.95. The molecule has 2 aliphatic rings. The van der Waals surface area contributed by atoms with Gasteiger partial charge in [-0.1, -0.05) is 48.9 Å². The number of carbonyl (C=O) groups is 2. The summed E-state index contributed by atoms with van der Waals surface area (Å²) in [6, 6.07) is 9.73. The highest BCUT2D eigenvalue weighted by Gasteiger charge is 2.42. The normalized spacial score (nSPS) is 27.6. The van der Waals surface area contributed by atoms with Crippen LogP contribution in [0.3, 0.4) is 0 Å². The maximum atomic E-state index is 12.9. The molecule has 0 bridgehead atoms. The Morgan fingerprint density at radius 1 is 1.30 bits per heavy atom. The van der Waals surface area contributed by atoms with Crippen molar-refractivity contribution in [1.29, 1.82) is 0 Å². The van der Waals surface area contributed by atoms with E-state index in [0.717, 1.165) is 18.4 Å². The maximum absolute atomic E-state index is 12.9. The van der Waals surface area contributed by atoms with E-state index in [-0.39, 0.29) is 30.4 Å². The number of allylic oxidation sites excluding steroid dienone is 2. The van der Waals surface area contributed by atoms with Gasteiger partial charge in [0.25, 0.3) is 0 Å². The van der Waals surface area contributed by atoms with E-state index in [1.165, 1.54) is 10.5 Å². The molecule has 2 amide bonds. The van der Waals surface area contributed by atoms with Crippen LogP contribution >= 0.6 is 0 Å². The molecular formula is C19H23NO3. The van der Waals surface area contributed by atoms with Crippen LogP contribution in [-0.4, -0.2) is 29.5 Å². The van der Waals surface area contributed by atoms with Gasteiger partial charge in [-0.05, 0) is 37.7 Å². The van der Waals surface area contributed by atoms with E-state index in [2.05, 4.69) is 19.9 Å². The summed E-state index contributed by atoms with van der Waals surface area (Å²) in [7, 11) is 0. The molecule has 122 valence electrons. The monoisotopic (exact) mass is 313 g/mol. The van der Waals surface area contributed by atoms with Gasteiger partial charge in [-0.3, -0.25) is 4.79 Å². The van der Waals surface area contributed by atoms with Gasteiger partial charge in [0, 0.05) is 5.92 Å². The minimum atomic E-state index is -0.491. The summed E-state index contributed by atoms with van der Waals surface area (Å²) in [6.45, 7) is 4.44. The molecule has 0 spiro atoms. The van der Waals surface area contributed by atoms with E-state index in [0.29, 0.717) is 6.42 Å². The highest BCUT2D eigenvalue weighted by Crippen LogP contribution is 2.32. The highest BCUT2D eigenvalue weighted by atomic mass is 16.6. The van der Waals surface area contributed by atoms with Crippen LogP contribution < -0.4 is 0 Å². The summed E-state index contributed by atoms with van der Waals surface area (Å²) >= 11 is 0. The molecule has 0 unspecified atom stereocenters. The minimum absolute atomic E-state index is 0.0790. The molecule has 1 aliphatic heterocycles. The molecule has 3 atom stereocenters. The standard InChI is InChI=1S/C19H23NO3/c1-13-8-9-17(14(2)10-13)18(21)20-16(12-23-19(20)22)11-15-6-4-3-5-7-15/h3-7,10,14,16-17H,8-9,11-12H2,1-2H3/t14-,16-,17+/m0/s1. The van der Waals surface area contributed by atoms with Crippen LogP contribution in [0.2, 0.25) is 0 Å². The van der Waals surface area contributed by atoms with Crippen molar-refractivity contribution in [3.05, 3.63) is 47.5 Å². The fourth-order valence-electron chi connectivity index (χ4n) is 3.59. The number of amides is 2. The topological polar surface area (TPSA) is 46.6 Å². The average Bonchev–Trinajstić information content (AvgIpc) is 2.88. The molecule has 4 heteroatoms. The van der Waals surface area contributed by atoms with Gasteiger partial charge in [0.2, 0.25) is 5.91 Å². The Balaban J connectivity index is 1.76. The molecule has 1 saturated heterocycles. The largest absolute Gasteiger partial charge is 0.447 e. The summed E-state index contributed by atoms with van der Waals surface area (Å²) in [5.74, 6) is -0.0330. The molecule has 1 aliphatic carbocycles. The zero-order valence-electron chi connectivity index (χ0n) is 13.7. The Morgan fingerprint density at radius 3 is 2.74 bits per heavy atom. The molecule has 0 radical (unpaired) electrons. The van der Waals surface area contributed by atoms with Crippen molar-refractivity contribution in [3.63, 3.8) is 0 Å². The number of rotatable bonds is 3. The third-order valence-electron chi connectivity index (χ3n) is 4.86. The summed E-state index contributed by atoms with van der Waals surface area (Å²) in [4.78, 5) is 26.4. The number of benzene rings is 1. The number of ether oxygens (including phenoxy) is 1. The van der Waals surface area contributed by atoms with Crippen molar-refractivity contribution >= 4 is 12.0 Å². The van der Waals surface area contributed by atoms with Gasteiger partial charge in [0.05, 0.1) is 6.04 Å². The number of imide groups is 1. The van der Waals surface area contributed by atoms with E-state index in [1.54, 1.807) is 0 Å². The van der Waals surface area contributed by atoms with E-state index < -0.39 is 6.09 Å². The van der Waals surface area contributed by atoms with Gasteiger partial charge < -0.3 is 4.74 Å². The molecule has 1 aromatic carbocycles. The van der Waals surface area contributed by atoms with Gasteiger partial charge >= 0.3 is 6.09 Å².